The smallest absolute Gasteiger partial charge is 0.295 e. The second-order valence-corrected chi connectivity index (χ2v) is 12.6. The Labute approximate surface area is 261 Å². The summed E-state index contributed by atoms with van der Waals surface area (Å²) in [6.07, 6.45) is 0. The van der Waals surface area contributed by atoms with Crippen LogP contribution in [0.15, 0.2) is 95.9 Å². The van der Waals surface area contributed by atoms with Crippen LogP contribution in [0.2, 0.25) is 10.0 Å². The van der Waals surface area contributed by atoms with Crippen molar-refractivity contribution in [2.45, 2.75) is 11.8 Å². The average molecular weight is 641 g/mol. The predicted molar refractivity (Wildman–Crippen MR) is 170 cm³/mol. The van der Waals surface area contributed by atoms with E-state index in [9.17, 15) is 13.2 Å². The number of aryl methyl sites for hydroxylation is 1. The molecule has 1 N–H and O–H groups in total. The number of amides is 1. The lowest BCUT2D eigenvalue weighted by Crippen LogP contribution is -2.48. The van der Waals surface area contributed by atoms with Crippen molar-refractivity contribution >= 4 is 50.6 Å². The third-order valence-corrected chi connectivity index (χ3v) is 9.08. The molecule has 224 valence electrons. The molecule has 0 radical (unpaired) electrons. The molecule has 3 aromatic carbocycles. The van der Waals surface area contributed by atoms with Crippen LogP contribution in [-0.4, -0.2) is 63.5 Å². The molecule has 0 spiro atoms. The number of carbonyl (C=O) groups is 1. The Morgan fingerprint density at radius 3 is 2.33 bits per heavy atom. The van der Waals surface area contributed by atoms with E-state index < -0.39 is 10.0 Å². The predicted octanol–water partition coefficient (Wildman–Crippen LogP) is 5.44. The molecule has 5 rings (SSSR count). The fourth-order valence-electron chi connectivity index (χ4n) is 4.64. The molecule has 4 aromatic rings. The maximum Gasteiger partial charge on any atom is 0.295 e. The molecule has 0 unspecified atom stereocenters. The summed E-state index contributed by atoms with van der Waals surface area (Å²) < 4.78 is 28.2. The number of hydrogen-bond donors (Lipinski definition) is 1. The number of aromatic nitrogens is 1. The van der Waals surface area contributed by atoms with E-state index in [1.54, 1.807) is 36.4 Å². The molecule has 1 aromatic heterocycles. The van der Waals surface area contributed by atoms with Gasteiger partial charge in [0.2, 0.25) is 0 Å². The van der Waals surface area contributed by atoms with Gasteiger partial charge in [-0.15, -0.1) is 0 Å². The third-order valence-electron chi connectivity index (χ3n) is 6.96. The van der Waals surface area contributed by atoms with E-state index in [4.69, 9.17) is 28.0 Å². The highest BCUT2D eigenvalue weighted by Crippen LogP contribution is 2.32. The Hall–Kier alpha value is -3.83. The zero-order valence-corrected chi connectivity index (χ0v) is 25.8. The molecule has 0 bridgehead atoms. The zero-order valence-electron chi connectivity index (χ0n) is 23.5. The molecule has 2 heterocycles. The highest BCUT2D eigenvalue weighted by molar-refractivity contribution is 7.92. The van der Waals surface area contributed by atoms with Crippen molar-refractivity contribution in [3.63, 3.8) is 0 Å². The molecule has 1 aliphatic rings. The lowest BCUT2D eigenvalue weighted by atomic mass is 10.2. The average Bonchev–Trinajstić information content (AvgIpc) is 3.01. The summed E-state index contributed by atoms with van der Waals surface area (Å²) in [6.45, 7) is 6.66. The molecule has 43 heavy (non-hydrogen) atoms. The van der Waals surface area contributed by atoms with Gasteiger partial charge in [-0.3, -0.25) is 9.69 Å². The SMILES string of the molecule is Cc1cccc(N2CCN(CCNC(=O)c3ccc(S(=O)(=O)N(Oc4ccc(Cl)cc4Cl)c4ccccc4)cc3)CC2)n1. The van der Waals surface area contributed by atoms with Gasteiger partial charge in [-0.05, 0) is 73.7 Å². The fourth-order valence-corrected chi connectivity index (χ4v) is 6.33. The van der Waals surface area contributed by atoms with Gasteiger partial charge in [0.1, 0.15) is 5.82 Å². The number of hydrogen-bond acceptors (Lipinski definition) is 7. The maximum absolute atomic E-state index is 13.7. The first-order chi connectivity index (χ1) is 20.7. The maximum atomic E-state index is 13.7. The Kier molecular flexibility index (Phi) is 9.72. The van der Waals surface area contributed by atoms with Crippen molar-refractivity contribution < 1.29 is 18.0 Å². The van der Waals surface area contributed by atoms with Crippen LogP contribution >= 0.6 is 23.2 Å². The van der Waals surface area contributed by atoms with Gasteiger partial charge in [0.15, 0.2) is 5.75 Å². The molecule has 9 nitrogen and oxygen atoms in total. The number of piperazine rings is 1. The van der Waals surface area contributed by atoms with Gasteiger partial charge in [0.05, 0.1) is 15.6 Å². The summed E-state index contributed by atoms with van der Waals surface area (Å²) in [5.41, 5.74) is 1.62. The van der Waals surface area contributed by atoms with Gasteiger partial charge in [0, 0.05) is 55.5 Å². The quantitative estimate of drug-likeness (QED) is 0.231. The van der Waals surface area contributed by atoms with E-state index in [0.29, 0.717) is 23.7 Å². The van der Waals surface area contributed by atoms with Crippen molar-refractivity contribution in [3.8, 4) is 5.75 Å². The largest absolute Gasteiger partial charge is 0.363 e. The minimum Gasteiger partial charge on any atom is -0.363 e. The highest BCUT2D eigenvalue weighted by atomic mass is 35.5. The number of carbonyl (C=O) groups excluding carboxylic acids is 1. The van der Waals surface area contributed by atoms with Crippen molar-refractivity contribution in [1.82, 2.24) is 15.2 Å². The summed E-state index contributed by atoms with van der Waals surface area (Å²) in [7, 11) is -4.21. The van der Waals surface area contributed by atoms with Gasteiger partial charge in [0.25, 0.3) is 15.9 Å². The molecule has 0 aliphatic carbocycles. The summed E-state index contributed by atoms with van der Waals surface area (Å²) in [5.74, 6) is 0.823. The number of halogens is 2. The normalized spacial score (nSPS) is 13.9. The Balaban J connectivity index is 1.19. The number of benzene rings is 3. The van der Waals surface area contributed by atoms with E-state index in [1.807, 2.05) is 25.1 Å². The van der Waals surface area contributed by atoms with E-state index in [0.717, 1.165) is 42.2 Å². The first-order valence-electron chi connectivity index (χ1n) is 13.7. The number of sulfonamides is 1. The summed E-state index contributed by atoms with van der Waals surface area (Å²) >= 11 is 12.2. The minimum absolute atomic E-state index is 0.0565. The van der Waals surface area contributed by atoms with Crippen LogP contribution in [-0.2, 0) is 10.0 Å². The van der Waals surface area contributed by atoms with Crippen molar-refractivity contribution in [1.29, 1.82) is 0 Å². The number of nitrogens with one attached hydrogen (secondary N) is 1. The van der Waals surface area contributed by atoms with Crippen LogP contribution < -0.4 is 19.5 Å². The number of para-hydroxylation sites is 1. The molecule has 1 fully saturated rings. The van der Waals surface area contributed by atoms with Gasteiger partial charge in [-0.25, -0.2) is 4.98 Å². The molecule has 1 aliphatic heterocycles. The van der Waals surface area contributed by atoms with Crippen LogP contribution in [0.1, 0.15) is 16.1 Å². The van der Waals surface area contributed by atoms with Crippen LogP contribution in [0.3, 0.4) is 0 Å². The van der Waals surface area contributed by atoms with Gasteiger partial charge in [-0.1, -0.05) is 51.9 Å². The van der Waals surface area contributed by atoms with Crippen LogP contribution in [0, 0.1) is 6.92 Å². The Morgan fingerprint density at radius 1 is 0.930 bits per heavy atom. The molecule has 12 heteroatoms. The van der Waals surface area contributed by atoms with Gasteiger partial charge in [-0.2, -0.15) is 8.42 Å². The van der Waals surface area contributed by atoms with Crippen molar-refractivity contribution in [3.05, 3.63) is 112 Å². The molecule has 1 amide bonds. The summed E-state index contributed by atoms with van der Waals surface area (Å²) in [4.78, 5) is 27.7. The first kappa shape index (κ1) is 30.6. The van der Waals surface area contributed by atoms with Gasteiger partial charge < -0.3 is 15.1 Å². The number of anilines is 2. The second-order valence-electron chi connectivity index (χ2n) is 9.98. The Morgan fingerprint density at radius 2 is 1.65 bits per heavy atom. The van der Waals surface area contributed by atoms with E-state index in [1.165, 1.54) is 36.4 Å². The number of nitrogens with zero attached hydrogens (tertiary/aromatic N) is 4. The third kappa shape index (κ3) is 7.58. The first-order valence-corrected chi connectivity index (χ1v) is 15.9. The lowest BCUT2D eigenvalue weighted by Gasteiger charge is -2.35. The van der Waals surface area contributed by atoms with Crippen LogP contribution in [0.5, 0.6) is 5.75 Å². The molecule has 0 atom stereocenters. The van der Waals surface area contributed by atoms with Gasteiger partial charge >= 0.3 is 0 Å². The second kappa shape index (κ2) is 13.6. The van der Waals surface area contributed by atoms with Crippen LogP contribution in [0.25, 0.3) is 0 Å². The molecule has 1 saturated heterocycles. The summed E-state index contributed by atoms with van der Waals surface area (Å²) in [6, 6.07) is 24.6. The van der Waals surface area contributed by atoms with Crippen LogP contribution in [0.4, 0.5) is 11.5 Å². The zero-order chi connectivity index (χ0) is 30.4. The van der Waals surface area contributed by atoms with E-state index in [-0.39, 0.29) is 27.3 Å². The van der Waals surface area contributed by atoms with Crippen molar-refractivity contribution in [2.24, 2.45) is 0 Å². The molecule has 0 saturated carbocycles. The summed E-state index contributed by atoms with van der Waals surface area (Å²) in [5, 5.41) is 3.47. The number of pyridine rings is 1. The topological polar surface area (TPSA) is 95.1 Å². The fraction of sp³-hybridized carbons (Fsp3) is 0.226. The number of rotatable bonds is 10. The molecular weight excluding hydrogens is 609 g/mol. The standard InChI is InChI=1S/C31H31Cl2N5O4S/c1-23-6-5-9-30(35-23)37-20-18-36(19-21-37)17-16-34-31(39)24-10-13-27(14-11-24)43(40,41)38(26-7-3-2-4-8-26)42-29-15-12-25(32)22-28(29)33/h2-15,22H,16-21H2,1H3,(H,34,39). The van der Waals surface area contributed by atoms with E-state index in [2.05, 4.69) is 20.1 Å². The van der Waals surface area contributed by atoms with Crippen molar-refractivity contribution in [2.75, 3.05) is 48.6 Å². The highest BCUT2D eigenvalue weighted by Gasteiger charge is 2.28. The lowest BCUT2D eigenvalue weighted by molar-refractivity contribution is 0.0947. The van der Waals surface area contributed by atoms with E-state index >= 15 is 0 Å². The molecular formula is C31H31Cl2N5O4S. The minimum atomic E-state index is -4.21. The monoisotopic (exact) mass is 639 g/mol. The Bertz CT molecular complexity index is 1670.